The van der Waals surface area contributed by atoms with Gasteiger partial charge in [0.2, 0.25) is 0 Å². The minimum atomic E-state index is 0.352. The Morgan fingerprint density at radius 2 is 2.28 bits per heavy atom. The maximum absolute atomic E-state index is 9.57. The fraction of sp³-hybridized carbons (Fsp3) is 0.571. The van der Waals surface area contributed by atoms with Crippen molar-refractivity contribution in [3.05, 3.63) is 28.2 Å². The maximum Gasteiger partial charge on any atom is 0.115 e. The molecule has 1 unspecified atom stereocenters. The summed E-state index contributed by atoms with van der Waals surface area (Å²) in [5, 5.41) is 13.1. The van der Waals surface area contributed by atoms with Gasteiger partial charge in [0.25, 0.3) is 0 Å². The SMILES string of the molecule is Oc1ccc(Br)c(CN2CCC3(CCNC3)C2)c1. The highest BCUT2D eigenvalue weighted by Gasteiger charge is 2.40. The monoisotopic (exact) mass is 310 g/mol. The van der Waals surface area contributed by atoms with E-state index in [1.807, 2.05) is 12.1 Å². The van der Waals surface area contributed by atoms with Gasteiger partial charge < -0.3 is 10.4 Å². The number of rotatable bonds is 2. The van der Waals surface area contributed by atoms with Gasteiger partial charge in [0.15, 0.2) is 0 Å². The second-order valence-corrected chi connectivity index (χ2v) is 6.52. The predicted octanol–water partition coefficient (Wildman–Crippen LogP) is 2.34. The molecule has 0 amide bonds. The van der Waals surface area contributed by atoms with E-state index >= 15 is 0 Å². The number of nitrogens with zero attached hydrogens (tertiary/aromatic N) is 1. The normalized spacial score (nSPS) is 28.3. The van der Waals surface area contributed by atoms with Gasteiger partial charge in [0.05, 0.1) is 0 Å². The molecule has 98 valence electrons. The van der Waals surface area contributed by atoms with E-state index in [-0.39, 0.29) is 0 Å². The molecule has 0 radical (unpaired) electrons. The Bertz CT molecular complexity index is 443. The zero-order chi connectivity index (χ0) is 12.6. The molecule has 0 aromatic heterocycles. The summed E-state index contributed by atoms with van der Waals surface area (Å²) < 4.78 is 1.09. The van der Waals surface area contributed by atoms with Crippen LogP contribution >= 0.6 is 15.9 Å². The van der Waals surface area contributed by atoms with Crippen LogP contribution in [0.1, 0.15) is 18.4 Å². The molecule has 1 atom stereocenters. The summed E-state index contributed by atoms with van der Waals surface area (Å²) in [6.45, 7) is 5.62. The minimum Gasteiger partial charge on any atom is -0.508 e. The van der Waals surface area contributed by atoms with Crippen LogP contribution < -0.4 is 5.32 Å². The second kappa shape index (κ2) is 4.83. The van der Waals surface area contributed by atoms with Gasteiger partial charge in [-0.25, -0.2) is 0 Å². The zero-order valence-electron chi connectivity index (χ0n) is 10.5. The standard InChI is InChI=1S/C14H19BrN2O/c15-13-2-1-12(18)7-11(13)8-17-6-4-14(10-17)3-5-16-9-14/h1-2,7,16,18H,3-6,8-10H2. The van der Waals surface area contributed by atoms with E-state index in [2.05, 4.69) is 26.1 Å². The number of likely N-dealkylation sites (tertiary alicyclic amines) is 1. The van der Waals surface area contributed by atoms with Crippen molar-refractivity contribution in [3.8, 4) is 5.75 Å². The van der Waals surface area contributed by atoms with Crippen LogP contribution in [0.3, 0.4) is 0 Å². The first-order valence-corrected chi connectivity index (χ1v) is 7.37. The smallest absolute Gasteiger partial charge is 0.115 e. The van der Waals surface area contributed by atoms with Gasteiger partial charge in [0.1, 0.15) is 5.75 Å². The largest absolute Gasteiger partial charge is 0.508 e. The van der Waals surface area contributed by atoms with Crippen molar-refractivity contribution in [2.75, 3.05) is 26.2 Å². The predicted molar refractivity (Wildman–Crippen MR) is 75.6 cm³/mol. The van der Waals surface area contributed by atoms with E-state index in [0.29, 0.717) is 11.2 Å². The average molecular weight is 311 g/mol. The Morgan fingerprint density at radius 1 is 1.39 bits per heavy atom. The summed E-state index contributed by atoms with van der Waals surface area (Å²) in [6, 6.07) is 5.51. The number of halogens is 1. The minimum absolute atomic E-state index is 0.352. The number of phenolic OH excluding ortho intramolecular Hbond substituents is 1. The molecule has 18 heavy (non-hydrogen) atoms. The van der Waals surface area contributed by atoms with Crippen LogP contribution in [0, 0.1) is 5.41 Å². The summed E-state index contributed by atoms with van der Waals surface area (Å²) >= 11 is 3.56. The molecule has 2 aliphatic heterocycles. The Hall–Kier alpha value is -0.580. The van der Waals surface area contributed by atoms with E-state index in [9.17, 15) is 5.11 Å². The van der Waals surface area contributed by atoms with E-state index < -0.39 is 0 Å². The van der Waals surface area contributed by atoms with E-state index in [1.54, 1.807) is 6.07 Å². The second-order valence-electron chi connectivity index (χ2n) is 5.66. The molecular weight excluding hydrogens is 292 g/mol. The van der Waals surface area contributed by atoms with Crippen molar-refractivity contribution >= 4 is 15.9 Å². The topological polar surface area (TPSA) is 35.5 Å². The van der Waals surface area contributed by atoms with E-state index in [0.717, 1.165) is 11.0 Å². The highest BCUT2D eigenvalue weighted by molar-refractivity contribution is 9.10. The molecule has 2 heterocycles. The third-order valence-electron chi connectivity index (χ3n) is 4.27. The quantitative estimate of drug-likeness (QED) is 0.880. The Balaban J connectivity index is 1.69. The number of phenols is 1. The van der Waals surface area contributed by atoms with E-state index in [4.69, 9.17) is 0 Å². The zero-order valence-corrected chi connectivity index (χ0v) is 12.0. The molecular formula is C14H19BrN2O. The lowest BCUT2D eigenvalue weighted by molar-refractivity contribution is 0.268. The lowest BCUT2D eigenvalue weighted by Gasteiger charge is -2.23. The summed E-state index contributed by atoms with van der Waals surface area (Å²) in [7, 11) is 0. The third-order valence-corrected chi connectivity index (χ3v) is 5.05. The summed E-state index contributed by atoms with van der Waals surface area (Å²) in [5.41, 5.74) is 1.70. The van der Waals surface area contributed by atoms with Crippen molar-refractivity contribution in [1.82, 2.24) is 10.2 Å². The van der Waals surface area contributed by atoms with Crippen LogP contribution in [-0.2, 0) is 6.54 Å². The van der Waals surface area contributed by atoms with Crippen molar-refractivity contribution in [3.63, 3.8) is 0 Å². The molecule has 0 saturated carbocycles. The molecule has 0 bridgehead atoms. The molecule has 1 aromatic rings. The van der Waals surface area contributed by atoms with Gasteiger partial charge in [-0.15, -0.1) is 0 Å². The first-order chi connectivity index (χ1) is 8.67. The first-order valence-electron chi connectivity index (χ1n) is 6.57. The molecule has 4 heteroatoms. The number of hydrogen-bond acceptors (Lipinski definition) is 3. The van der Waals surface area contributed by atoms with Crippen molar-refractivity contribution in [1.29, 1.82) is 0 Å². The molecule has 2 fully saturated rings. The summed E-state index contributed by atoms with van der Waals surface area (Å²) in [5.74, 6) is 0.352. The Morgan fingerprint density at radius 3 is 3.06 bits per heavy atom. The van der Waals surface area contributed by atoms with Crippen molar-refractivity contribution < 1.29 is 5.11 Å². The van der Waals surface area contributed by atoms with Crippen LogP contribution in [0.25, 0.3) is 0 Å². The summed E-state index contributed by atoms with van der Waals surface area (Å²) in [6.07, 6.45) is 2.61. The number of hydrogen-bond donors (Lipinski definition) is 2. The number of aromatic hydroxyl groups is 1. The molecule has 3 rings (SSSR count). The molecule has 1 spiro atoms. The molecule has 3 nitrogen and oxygen atoms in total. The van der Waals surface area contributed by atoms with Crippen LogP contribution in [0.5, 0.6) is 5.75 Å². The highest BCUT2D eigenvalue weighted by atomic mass is 79.9. The lowest BCUT2D eigenvalue weighted by Crippen LogP contribution is -2.29. The van der Waals surface area contributed by atoms with Crippen molar-refractivity contribution in [2.24, 2.45) is 5.41 Å². The molecule has 2 saturated heterocycles. The molecule has 2 aliphatic rings. The van der Waals surface area contributed by atoms with Gasteiger partial charge >= 0.3 is 0 Å². The number of nitrogens with one attached hydrogen (secondary N) is 1. The summed E-state index contributed by atoms with van der Waals surface area (Å²) in [4.78, 5) is 2.51. The molecule has 0 aliphatic carbocycles. The van der Waals surface area contributed by atoms with Crippen LogP contribution in [0.15, 0.2) is 22.7 Å². The third kappa shape index (κ3) is 2.42. The van der Waals surface area contributed by atoms with Crippen molar-refractivity contribution in [2.45, 2.75) is 19.4 Å². The van der Waals surface area contributed by atoms with E-state index in [1.165, 1.54) is 44.6 Å². The lowest BCUT2D eigenvalue weighted by atomic mass is 9.86. The number of benzene rings is 1. The first kappa shape index (κ1) is 12.5. The van der Waals surface area contributed by atoms with Gasteiger partial charge in [-0.05, 0) is 55.1 Å². The Labute approximate surface area is 116 Å². The Kier molecular flexibility index (Phi) is 3.34. The molecule has 1 aromatic carbocycles. The van der Waals surface area contributed by atoms with Gasteiger partial charge in [0, 0.05) is 24.1 Å². The maximum atomic E-state index is 9.57. The average Bonchev–Trinajstić information content (AvgIpc) is 2.95. The van der Waals surface area contributed by atoms with Gasteiger partial charge in [-0.2, -0.15) is 0 Å². The van der Waals surface area contributed by atoms with Crippen LogP contribution in [0.2, 0.25) is 0 Å². The van der Waals surface area contributed by atoms with Gasteiger partial charge in [-0.1, -0.05) is 15.9 Å². The fourth-order valence-electron chi connectivity index (χ4n) is 3.23. The highest BCUT2D eigenvalue weighted by Crippen LogP contribution is 2.37. The van der Waals surface area contributed by atoms with Crippen LogP contribution in [-0.4, -0.2) is 36.2 Å². The fourth-order valence-corrected chi connectivity index (χ4v) is 3.60. The van der Waals surface area contributed by atoms with Crippen LogP contribution in [0.4, 0.5) is 0 Å². The molecule has 2 N–H and O–H groups in total. The van der Waals surface area contributed by atoms with Gasteiger partial charge in [-0.3, -0.25) is 4.90 Å².